The van der Waals surface area contributed by atoms with Crippen LogP contribution in [0.2, 0.25) is 0 Å². The first-order valence-electron chi connectivity index (χ1n) is 5.98. The molecule has 2 N–H and O–H groups in total. The highest BCUT2D eigenvalue weighted by Gasteiger charge is 2.43. The molecule has 1 saturated carbocycles. The van der Waals surface area contributed by atoms with Gasteiger partial charge in [-0.25, -0.2) is 8.78 Å². The van der Waals surface area contributed by atoms with Crippen LogP contribution < -0.4 is 5.32 Å². The molecule has 0 aromatic rings. The van der Waals surface area contributed by atoms with Crippen LogP contribution in [0.3, 0.4) is 0 Å². The molecule has 1 rings (SSSR count). The number of aliphatic carboxylic acids is 1. The average Bonchev–Trinajstić information content (AvgIpc) is 2.26. The summed E-state index contributed by atoms with van der Waals surface area (Å²) >= 11 is 0. The van der Waals surface area contributed by atoms with Crippen molar-refractivity contribution in [3.8, 4) is 0 Å². The van der Waals surface area contributed by atoms with E-state index in [1.54, 1.807) is 5.32 Å². The zero-order valence-corrected chi connectivity index (χ0v) is 10.3. The number of hydrogen-bond acceptors (Lipinski definition) is 2. The number of alkyl halides is 5. The second kappa shape index (κ2) is 5.92. The predicted octanol–water partition coefficient (Wildman–Crippen LogP) is 2.33. The maximum atomic E-state index is 13.0. The van der Waals surface area contributed by atoms with Gasteiger partial charge in [-0.3, -0.25) is 9.59 Å². The van der Waals surface area contributed by atoms with Gasteiger partial charge in [0, 0.05) is 18.9 Å². The normalized spacial score (nSPS) is 21.2. The molecule has 1 aliphatic carbocycles. The SMILES string of the molecule is O=C(O)CC(NC(=O)C(F)(F)F)C1CCC(F)(F)CC1. The van der Waals surface area contributed by atoms with E-state index in [4.69, 9.17) is 5.11 Å². The number of halogens is 5. The van der Waals surface area contributed by atoms with E-state index in [0.717, 1.165) is 0 Å². The van der Waals surface area contributed by atoms with Crippen LogP contribution in [0, 0.1) is 5.92 Å². The van der Waals surface area contributed by atoms with Crippen molar-refractivity contribution in [2.24, 2.45) is 5.92 Å². The highest BCUT2D eigenvalue weighted by Crippen LogP contribution is 2.38. The summed E-state index contributed by atoms with van der Waals surface area (Å²) in [5, 5.41) is 10.2. The Kier molecular flexibility index (Phi) is 4.93. The van der Waals surface area contributed by atoms with Gasteiger partial charge in [0.25, 0.3) is 0 Å². The van der Waals surface area contributed by atoms with Crippen molar-refractivity contribution < 1.29 is 36.6 Å². The fourth-order valence-corrected chi connectivity index (χ4v) is 2.24. The number of carbonyl (C=O) groups excluding carboxylic acids is 1. The van der Waals surface area contributed by atoms with E-state index in [-0.39, 0.29) is 12.8 Å². The zero-order valence-electron chi connectivity index (χ0n) is 10.3. The molecule has 116 valence electrons. The number of rotatable bonds is 4. The van der Waals surface area contributed by atoms with Crippen LogP contribution in [-0.2, 0) is 9.59 Å². The number of amides is 1. The first-order valence-corrected chi connectivity index (χ1v) is 5.98. The van der Waals surface area contributed by atoms with Gasteiger partial charge in [-0.15, -0.1) is 0 Å². The first-order chi connectivity index (χ1) is 9.01. The minimum Gasteiger partial charge on any atom is -0.481 e. The quantitative estimate of drug-likeness (QED) is 0.783. The smallest absolute Gasteiger partial charge is 0.471 e. The fraction of sp³-hybridized carbons (Fsp3) is 0.818. The molecule has 1 aliphatic rings. The van der Waals surface area contributed by atoms with Crippen LogP contribution in [0.1, 0.15) is 32.1 Å². The maximum absolute atomic E-state index is 13.0. The second-order valence-electron chi connectivity index (χ2n) is 4.87. The van der Waals surface area contributed by atoms with Gasteiger partial charge in [0.2, 0.25) is 5.92 Å². The van der Waals surface area contributed by atoms with E-state index < -0.39 is 55.2 Å². The third kappa shape index (κ3) is 4.93. The summed E-state index contributed by atoms with van der Waals surface area (Å²) in [6, 6.07) is -1.29. The number of carboxylic acids is 1. The fourth-order valence-electron chi connectivity index (χ4n) is 2.24. The van der Waals surface area contributed by atoms with Crippen molar-refractivity contribution in [3.05, 3.63) is 0 Å². The molecular formula is C11H14F5NO3. The third-order valence-corrected chi connectivity index (χ3v) is 3.30. The standard InChI is InChI=1S/C11H14F5NO3/c12-10(13)3-1-6(2-4-10)7(5-8(18)19)17-9(20)11(14,15)16/h6-7H,1-5H2,(H,17,20)(H,18,19). The summed E-state index contributed by atoms with van der Waals surface area (Å²) in [5.74, 6) is -7.22. The Balaban J connectivity index is 2.70. The van der Waals surface area contributed by atoms with Crippen LogP contribution in [0.25, 0.3) is 0 Å². The lowest BCUT2D eigenvalue weighted by Crippen LogP contribution is -2.48. The molecule has 1 atom stereocenters. The summed E-state index contributed by atoms with van der Waals surface area (Å²) in [5.41, 5.74) is 0. The maximum Gasteiger partial charge on any atom is 0.471 e. The number of nitrogens with one attached hydrogen (secondary N) is 1. The van der Waals surface area contributed by atoms with E-state index in [1.807, 2.05) is 0 Å². The lowest BCUT2D eigenvalue weighted by atomic mass is 9.81. The Labute approximate surface area is 111 Å². The van der Waals surface area contributed by atoms with Gasteiger partial charge in [0.1, 0.15) is 0 Å². The highest BCUT2D eigenvalue weighted by atomic mass is 19.4. The van der Waals surface area contributed by atoms with Crippen LogP contribution >= 0.6 is 0 Å². The number of carbonyl (C=O) groups is 2. The average molecular weight is 303 g/mol. The lowest BCUT2D eigenvalue weighted by Gasteiger charge is -2.33. The van der Waals surface area contributed by atoms with Gasteiger partial charge < -0.3 is 10.4 Å². The van der Waals surface area contributed by atoms with Crippen molar-refractivity contribution in [2.45, 2.75) is 50.2 Å². The van der Waals surface area contributed by atoms with Crippen LogP contribution in [0.15, 0.2) is 0 Å². The Bertz CT molecular complexity index is 373. The van der Waals surface area contributed by atoms with Gasteiger partial charge in [-0.05, 0) is 18.8 Å². The van der Waals surface area contributed by atoms with Crippen LogP contribution in [0.5, 0.6) is 0 Å². The molecule has 0 spiro atoms. The van der Waals surface area contributed by atoms with E-state index in [9.17, 15) is 31.5 Å². The molecule has 1 amide bonds. The Hall–Kier alpha value is -1.41. The molecule has 0 aliphatic heterocycles. The number of carboxylic acid groups (broad SMARTS) is 1. The third-order valence-electron chi connectivity index (χ3n) is 3.30. The Morgan fingerprint density at radius 1 is 1.25 bits per heavy atom. The summed E-state index contributed by atoms with van der Waals surface area (Å²) in [7, 11) is 0. The molecule has 0 heterocycles. The molecule has 1 unspecified atom stereocenters. The van der Waals surface area contributed by atoms with Crippen molar-refractivity contribution in [3.63, 3.8) is 0 Å². The molecule has 0 aromatic heterocycles. The Morgan fingerprint density at radius 3 is 2.15 bits per heavy atom. The number of hydrogen-bond donors (Lipinski definition) is 2. The van der Waals surface area contributed by atoms with Crippen molar-refractivity contribution in [2.75, 3.05) is 0 Å². The van der Waals surface area contributed by atoms with Gasteiger partial charge in [0.05, 0.1) is 6.42 Å². The molecule has 4 nitrogen and oxygen atoms in total. The molecule has 0 saturated heterocycles. The predicted molar refractivity (Wildman–Crippen MR) is 57.1 cm³/mol. The van der Waals surface area contributed by atoms with Gasteiger partial charge in [0.15, 0.2) is 0 Å². The first kappa shape index (κ1) is 16.6. The Morgan fingerprint density at radius 2 is 1.75 bits per heavy atom. The van der Waals surface area contributed by atoms with E-state index >= 15 is 0 Å². The van der Waals surface area contributed by atoms with Gasteiger partial charge in [-0.2, -0.15) is 13.2 Å². The molecule has 0 radical (unpaired) electrons. The van der Waals surface area contributed by atoms with Crippen molar-refractivity contribution in [1.29, 1.82) is 0 Å². The van der Waals surface area contributed by atoms with Gasteiger partial charge in [-0.1, -0.05) is 0 Å². The van der Waals surface area contributed by atoms with E-state index in [2.05, 4.69) is 0 Å². The summed E-state index contributed by atoms with van der Waals surface area (Å²) in [6.07, 6.45) is -7.13. The lowest BCUT2D eigenvalue weighted by molar-refractivity contribution is -0.175. The van der Waals surface area contributed by atoms with Crippen LogP contribution in [-0.4, -0.2) is 35.1 Å². The largest absolute Gasteiger partial charge is 0.481 e. The van der Waals surface area contributed by atoms with Crippen molar-refractivity contribution >= 4 is 11.9 Å². The minimum atomic E-state index is -5.13. The monoisotopic (exact) mass is 303 g/mol. The topological polar surface area (TPSA) is 66.4 Å². The minimum absolute atomic E-state index is 0.122. The molecule has 0 bridgehead atoms. The summed E-state index contributed by atoms with van der Waals surface area (Å²) in [6.45, 7) is 0. The molecular weight excluding hydrogens is 289 g/mol. The molecule has 1 fully saturated rings. The molecule has 9 heteroatoms. The summed E-state index contributed by atoms with van der Waals surface area (Å²) in [4.78, 5) is 21.5. The van der Waals surface area contributed by atoms with Crippen molar-refractivity contribution in [1.82, 2.24) is 5.32 Å². The van der Waals surface area contributed by atoms with E-state index in [1.165, 1.54) is 0 Å². The second-order valence-corrected chi connectivity index (χ2v) is 4.87. The molecule has 0 aromatic carbocycles. The zero-order chi connectivity index (χ0) is 15.6. The molecule has 20 heavy (non-hydrogen) atoms. The van der Waals surface area contributed by atoms with Crippen LogP contribution in [0.4, 0.5) is 22.0 Å². The highest BCUT2D eigenvalue weighted by molar-refractivity contribution is 5.82. The van der Waals surface area contributed by atoms with E-state index in [0.29, 0.717) is 0 Å². The van der Waals surface area contributed by atoms with Gasteiger partial charge >= 0.3 is 18.1 Å². The summed E-state index contributed by atoms with van der Waals surface area (Å²) < 4.78 is 62.4.